The van der Waals surface area contributed by atoms with E-state index in [1.54, 1.807) is 18.3 Å². The molecule has 0 aromatic carbocycles. The molecule has 204 valence electrons. The molecule has 0 fully saturated rings. The normalized spacial score (nSPS) is 11.3. The van der Waals surface area contributed by atoms with E-state index < -0.39 is 15.9 Å². The molecule has 4 rings (SSSR count). The first-order valence-electron chi connectivity index (χ1n) is 11.4. The number of aryl methyl sites for hydroxylation is 1. The number of rotatable bonds is 10. The second-order valence-electron chi connectivity index (χ2n) is 8.31. The second kappa shape index (κ2) is 11.4. The van der Waals surface area contributed by atoms with Crippen LogP contribution in [0.3, 0.4) is 0 Å². The van der Waals surface area contributed by atoms with Crippen LogP contribution in [0.15, 0.2) is 41.2 Å². The molecule has 1 amide bonds. The number of hydrogen-bond acceptors (Lipinski definition) is 13. The molecule has 0 saturated heterocycles. The molecule has 0 aliphatic rings. The summed E-state index contributed by atoms with van der Waals surface area (Å²) in [6.07, 6.45) is 4.22. The van der Waals surface area contributed by atoms with Crippen molar-refractivity contribution >= 4 is 39.1 Å². The highest BCUT2D eigenvalue weighted by Crippen LogP contribution is 2.36. The Morgan fingerprint density at radius 3 is 2.56 bits per heavy atom. The van der Waals surface area contributed by atoms with E-state index in [0.29, 0.717) is 17.2 Å². The minimum absolute atomic E-state index is 0.0140. The summed E-state index contributed by atoms with van der Waals surface area (Å²) >= 11 is 0. The van der Waals surface area contributed by atoms with Gasteiger partial charge in [-0.2, -0.15) is 9.29 Å². The van der Waals surface area contributed by atoms with E-state index in [4.69, 9.17) is 9.26 Å². The van der Waals surface area contributed by atoms with Crippen LogP contribution in [0.5, 0.6) is 5.75 Å². The van der Waals surface area contributed by atoms with Gasteiger partial charge in [0.05, 0.1) is 31.2 Å². The summed E-state index contributed by atoms with van der Waals surface area (Å²) in [6, 6.07) is 6.89. The van der Waals surface area contributed by atoms with Crippen molar-refractivity contribution in [3.8, 4) is 17.1 Å². The predicted octanol–water partition coefficient (Wildman–Crippen LogP) is 1.87. The maximum absolute atomic E-state index is 12.5. The summed E-state index contributed by atoms with van der Waals surface area (Å²) in [5, 5.41) is 20.8. The van der Waals surface area contributed by atoms with Crippen LogP contribution >= 0.6 is 0 Å². The van der Waals surface area contributed by atoms with E-state index in [0.717, 1.165) is 16.1 Å². The average Bonchev–Trinajstić information content (AvgIpc) is 3.36. The number of pyridine rings is 2. The van der Waals surface area contributed by atoms with E-state index >= 15 is 0 Å². The Hall–Kier alpha value is -4.70. The zero-order valence-electron chi connectivity index (χ0n) is 21.8. The summed E-state index contributed by atoms with van der Waals surface area (Å²) in [4.78, 5) is 25.4. The minimum Gasteiger partial charge on any atom is -0.492 e. The van der Waals surface area contributed by atoms with Crippen molar-refractivity contribution in [1.29, 1.82) is 0 Å². The molecule has 0 aliphatic carbocycles. The number of methoxy groups -OCH3 is 1. The quantitative estimate of drug-likeness (QED) is 0.258. The largest absolute Gasteiger partial charge is 0.492 e. The van der Waals surface area contributed by atoms with Crippen LogP contribution < -0.4 is 20.7 Å². The Morgan fingerprint density at radius 1 is 1.10 bits per heavy atom. The summed E-state index contributed by atoms with van der Waals surface area (Å²) in [7, 11) is 0.873. The van der Waals surface area contributed by atoms with E-state index in [1.165, 1.54) is 27.4 Å². The van der Waals surface area contributed by atoms with Gasteiger partial charge in [-0.05, 0) is 30.7 Å². The summed E-state index contributed by atoms with van der Waals surface area (Å²) in [6.45, 7) is 1.83. The molecular formula is C23H26N10O5S. The lowest BCUT2D eigenvalue weighted by Crippen LogP contribution is -2.25. The van der Waals surface area contributed by atoms with Gasteiger partial charge in [-0.1, -0.05) is 5.16 Å². The van der Waals surface area contributed by atoms with Crippen molar-refractivity contribution < 1.29 is 22.5 Å². The molecule has 4 aromatic rings. The van der Waals surface area contributed by atoms with Crippen molar-refractivity contribution in [2.75, 3.05) is 38.1 Å². The maximum atomic E-state index is 12.5. The molecular weight excluding hydrogens is 528 g/mol. The molecule has 3 N–H and O–H groups in total. The molecule has 15 nitrogen and oxygen atoms in total. The van der Waals surface area contributed by atoms with E-state index in [2.05, 4.69) is 46.3 Å². The maximum Gasteiger partial charge on any atom is 0.273 e. The molecule has 4 heterocycles. The van der Waals surface area contributed by atoms with Crippen LogP contribution in [0.4, 0.5) is 23.1 Å². The standard InChI is InChI=1S/C23H26N10O5S/c1-13-6-8-25-16(10-13)28-17-11-15(19(31-30-17)23(34)24-2)27-22-20(37-4)14(7-9-26-22)21-29-18(38-32-21)12-33(3)39(5,35)36/h6-11H,12H2,1-5H3,(H,24,34)(H2,25,26,27,28,30). The van der Waals surface area contributed by atoms with Gasteiger partial charge in [0, 0.05) is 32.6 Å². The number of anilines is 4. The third-order valence-electron chi connectivity index (χ3n) is 5.40. The Balaban J connectivity index is 1.68. The summed E-state index contributed by atoms with van der Waals surface area (Å²) in [5.74, 6) is 1.13. The number of carbonyl (C=O) groups excluding carboxylic acids is 1. The number of aromatic nitrogens is 6. The highest BCUT2D eigenvalue weighted by Gasteiger charge is 2.22. The lowest BCUT2D eigenvalue weighted by Gasteiger charge is -2.15. The Morgan fingerprint density at radius 2 is 1.87 bits per heavy atom. The molecule has 39 heavy (non-hydrogen) atoms. The van der Waals surface area contributed by atoms with Crippen LogP contribution in [-0.2, 0) is 16.6 Å². The number of sulfonamides is 1. The molecule has 0 atom stereocenters. The van der Waals surface area contributed by atoms with Crippen LogP contribution in [0.1, 0.15) is 21.9 Å². The Bertz CT molecular complexity index is 1610. The van der Waals surface area contributed by atoms with E-state index in [1.807, 2.05) is 19.1 Å². The van der Waals surface area contributed by atoms with E-state index in [9.17, 15) is 13.2 Å². The fourth-order valence-corrected chi connectivity index (χ4v) is 3.70. The highest BCUT2D eigenvalue weighted by atomic mass is 32.2. The van der Waals surface area contributed by atoms with Gasteiger partial charge in [0.2, 0.25) is 21.7 Å². The SMILES string of the molecule is CNC(=O)c1nnc(Nc2cc(C)ccn2)cc1Nc1nccc(-c2noc(CN(C)S(C)(=O)=O)n2)c1OC. The lowest BCUT2D eigenvalue weighted by atomic mass is 10.2. The van der Waals surface area contributed by atoms with Gasteiger partial charge in [0.15, 0.2) is 23.1 Å². The topological polar surface area (TPSA) is 190 Å². The van der Waals surface area contributed by atoms with Gasteiger partial charge in [0.25, 0.3) is 5.91 Å². The van der Waals surface area contributed by atoms with Gasteiger partial charge < -0.3 is 25.2 Å². The number of hydrogen-bond donors (Lipinski definition) is 3. The van der Waals surface area contributed by atoms with Crippen molar-refractivity contribution in [2.45, 2.75) is 13.5 Å². The molecule has 0 saturated carbocycles. The van der Waals surface area contributed by atoms with Crippen molar-refractivity contribution in [3.05, 3.63) is 53.8 Å². The zero-order chi connectivity index (χ0) is 28.2. The van der Waals surface area contributed by atoms with Gasteiger partial charge in [-0.3, -0.25) is 4.79 Å². The fourth-order valence-electron chi connectivity index (χ4n) is 3.35. The molecule has 0 radical (unpaired) electrons. The van der Waals surface area contributed by atoms with Gasteiger partial charge >= 0.3 is 0 Å². The minimum atomic E-state index is -3.44. The molecule has 0 aliphatic heterocycles. The van der Waals surface area contributed by atoms with Crippen molar-refractivity contribution in [3.63, 3.8) is 0 Å². The van der Waals surface area contributed by atoms with Crippen LogP contribution in [0.2, 0.25) is 0 Å². The molecule has 0 bridgehead atoms. The predicted molar refractivity (Wildman–Crippen MR) is 141 cm³/mol. The number of carbonyl (C=O) groups is 1. The number of nitrogens with zero attached hydrogens (tertiary/aromatic N) is 7. The first-order chi connectivity index (χ1) is 18.6. The fraction of sp³-hybridized carbons (Fsp3) is 0.261. The zero-order valence-corrected chi connectivity index (χ0v) is 22.6. The smallest absolute Gasteiger partial charge is 0.273 e. The van der Waals surface area contributed by atoms with Gasteiger partial charge in [0.1, 0.15) is 5.82 Å². The molecule has 0 unspecified atom stereocenters. The van der Waals surface area contributed by atoms with E-state index in [-0.39, 0.29) is 41.2 Å². The summed E-state index contributed by atoms with van der Waals surface area (Å²) < 4.78 is 35.4. The average molecular weight is 555 g/mol. The van der Waals surface area contributed by atoms with Gasteiger partial charge in [-0.25, -0.2) is 18.4 Å². The van der Waals surface area contributed by atoms with Crippen LogP contribution in [0, 0.1) is 6.92 Å². The monoisotopic (exact) mass is 554 g/mol. The lowest BCUT2D eigenvalue weighted by molar-refractivity contribution is 0.0958. The van der Waals surface area contributed by atoms with Crippen LogP contribution in [-0.4, -0.2) is 76.4 Å². The molecule has 16 heteroatoms. The Labute approximate surface area is 224 Å². The molecule has 0 spiro atoms. The van der Waals surface area contributed by atoms with Gasteiger partial charge in [-0.15, -0.1) is 10.2 Å². The summed E-state index contributed by atoms with van der Waals surface area (Å²) in [5.41, 5.74) is 1.71. The second-order valence-corrected chi connectivity index (χ2v) is 10.4. The number of nitrogens with one attached hydrogen (secondary N) is 3. The number of amides is 1. The van der Waals surface area contributed by atoms with Crippen molar-refractivity contribution in [2.24, 2.45) is 0 Å². The third kappa shape index (κ3) is 6.42. The third-order valence-corrected chi connectivity index (χ3v) is 6.66. The highest BCUT2D eigenvalue weighted by molar-refractivity contribution is 7.88. The first-order valence-corrected chi connectivity index (χ1v) is 13.3. The number of ether oxygens (including phenoxy) is 1. The van der Waals surface area contributed by atoms with Crippen molar-refractivity contribution in [1.82, 2.24) is 39.9 Å². The first kappa shape index (κ1) is 27.3. The molecule has 4 aromatic heterocycles. The van der Waals surface area contributed by atoms with Crippen LogP contribution in [0.25, 0.3) is 11.4 Å². The Kier molecular flexibility index (Phi) is 7.96.